The summed E-state index contributed by atoms with van der Waals surface area (Å²) in [6.07, 6.45) is 2.14. The monoisotopic (exact) mass is 197 g/mol. The fourth-order valence-electron chi connectivity index (χ4n) is 1.01. The number of hydrogen-bond acceptors (Lipinski definition) is 4. The van der Waals surface area contributed by atoms with Crippen molar-refractivity contribution in [1.29, 1.82) is 0 Å². The average molecular weight is 197 g/mol. The average Bonchev–Trinajstić information content (AvgIpc) is 2.58. The summed E-state index contributed by atoms with van der Waals surface area (Å²) in [5.41, 5.74) is 0. The molecule has 5 heteroatoms. The van der Waals surface area contributed by atoms with Gasteiger partial charge in [-0.1, -0.05) is 0 Å². The Balaban J connectivity index is 2.13. The maximum atomic E-state index is 10.8. The number of amides is 1. The molecule has 0 fully saturated rings. The number of carbonyl (C=O) groups is 1. The highest BCUT2D eigenvalue weighted by Crippen LogP contribution is 2.00. The van der Waals surface area contributed by atoms with Gasteiger partial charge < -0.3 is 15.1 Å². The third kappa shape index (κ3) is 3.57. The molecule has 1 rings (SSSR count). The van der Waals surface area contributed by atoms with E-state index < -0.39 is 0 Å². The highest BCUT2D eigenvalue weighted by Gasteiger charge is 2.00. The molecule has 2 N–H and O–H groups in total. The molecule has 0 aliphatic heterocycles. The van der Waals surface area contributed by atoms with E-state index >= 15 is 0 Å². The number of nitrogens with one attached hydrogen (secondary N) is 2. The van der Waals surface area contributed by atoms with E-state index in [1.165, 1.54) is 0 Å². The topological polar surface area (TPSA) is 67.2 Å². The van der Waals surface area contributed by atoms with E-state index in [0.29, 0.717) is 25.4 Å². The lowest BCUT2D eigenvalue weighted by Crippen LogP contribution is -2.24. The van der Waals surface area contributed by atoms with Crippen molar-refractivity contribution in [3.8, 4) is 0 Å². The van der Waals surface area contributed by atoms with Crippen LogP contribution in [0.4, 0.5) is 0 Å². The Morgan fingerprint density at radius 2 is 2.43 bits per heavy atom. The first-order valence-corrected chi connectivity index (χ1v) is 4.55. The van der Waals surface area contributed by atoms with Crippen LogP contribution in [-0.4, -0.2) is 24.5 Å². The lowest BCUT2D eigenvalue weighted by Gasteiger charge is -2.00. The van der Waals surface area contributed by atoms with Gasteiger partial charge in [-0.3, -0.25) is 4.79 Å². The van der Waals surface area contributed by atoms with Crippen LogP contribution < -0.4 is 10.6 Å². The van der Waals surface area contributed by atoms with E-state index in [-0.39, 0.29) is 5.91 Å². The number of oxazole rings is 1. The van der Waals surface area contributed by atoms with E-state index in [1.54, 1.807) is 13.2 Å². The molecule has 1 aromatic heterocycles. The lowest BCUT2D eigenvalue weighted by atomic mass is 10.4. The number of aryl methyl sites for hydroxylation is 1. The lowest BCUT2D eigenvalue weighted by molar-refractivity contribution is -0.120. The summed E-state index contributed by atoms with van der Waals surface area (Å²) < 4.78 is 5.24. The van der Waals surface area contributed by atoms with Crippen molar-refractivity contribution in [3.05, 3.63) is 17.8 Å². The number of hydrogen-bond donors (Lipinski definition) is 2. The number of aromatic nitrogens is 1. The SMILES string of the molecule is CNC(=O)CCNCc1ncc(C)o1. The Labute approximate surface area is 82.9 Å². The largest absolute Gasteiger partial charge is 0.445 e. The van der Waals surface area contributed by atoms with Crippen LogP contribution in [0.1, 0.15) is 18.1 Å². The van der Waals surface area contributed by atoms with E-state index in [1.807, 2.05) is 6.92 Å². The smallest absolute Gasteiger partial charge is 0.221 e. The Morgan fingerprint density at radius 1 is 1.64 bits per heavy atom. The van der Waals surface area contributed by atoms with Gasteiger partial charge in [0.2, 0.25) is 11.8 Å². The summed E-state index contributed by atoms with van der Waals surface area (Å²) >= 11 is 0. The van der Waals surface area contributed by atoms with Gasteiger partial charge in [-0.05, 0) is 6.92 Å². The van der Waals surface area contributed by atoms with E-state index in [4.69, 9.17) is 4.42 Å². The summed E-state index contributed by atoms with van der Waals surface area (Å²) in [6.45, 7) is 3.03. The zero-order valence-corrected chi connectivity index (χ0v) is 8.46. The van der Waals surface area contributed by atoms with Crippen LogP contribution >= 0.6 is 0 Å². The van der Waals surface area contributed by atoms with E-state index in [2.05, 4.69) is 15.6 Å². The second-order valence-corrected chi connectivity index (χ2v) is 2.96. The Morgan fingerprint density at radius 3 is 3.00 bits per heavy atom. The maximum Gasteiger partial charge on any atom is 0.221 e. The predicted octanol–water partition coefficient (Wildman–Crippen LogP) is 0.209. The fourth-order valence-corrected chi connectivity index (χ4v) is 1.01. The van der Waals surface area contributed by atoms with E-state index in [0.717, 1.165) is 5.76 Å². The highest BCUT2D eigenvalue weighted by molar-refractivity contribution is 5.75. The number of nitrogens with zero attached hydrogens (tertiary/aromatic N) is 1. The van der Waals surface area contributed by atoms with Gasteiger partial charge in [-0.2, -0.15) is 0 Å². The van der Waals surface area contributed by atoms with Crippen molar-refractivity contribution >= 4 is 5.91 Å². The van der Waals surface area contributed by atoms with Crippen LogP contribution in [0.5, 0.6) is 0 Å². The van der Waals surface area contributed by atoms with Crippen molar-refractivity contribution in [3.63, 3.8) is 0 Å². The molecule has 0 aliphatic carbocycles. The standard InChI is InChI=1S/C9H15N3O2/c1-7-5-12-9(14-7)6-11-4-3-8(13)10-2/h5,11H,3-4,6H2,1-2H3,(H,10,13). The summed E-state index contributed by atoms with van der Waals surface area (Å²) in [5.74, 6) is 1.48. The molecule has 0 aromatic carbocycles. The van der Waals surface area contributed by atoms with E-state index in [9.17, 15) is 4.79 Å². The molecule has 0 saturated heterocycles. The molecule has 0 saturated carbocycles. The molecule has 78 valence electrons. The Hall–Kier alpha value is -1.36. The minimum absolute atomic E-state index is 0.0288. The summed E-state index contributed by atoms with van der Waals surface area (Å²) in [7, 11) is 1.62. The van der Waals surface area contributed by atoms with Gasteiger partial charge in [0.1, 0.15) is 5.76 Å². The number of carbonyl (C=O) groups excluding carboxylic acids is 1. The summed E-state index contributed by atoms with van der Waals surface area (Å²) in [4.78, 5) is 14.9. The van der Waals surface area contributed by atoms with Gasteiger partial charge in [0.15, 0.2) is 0 Å². The second-order valence-electron chi connectivity index (χ2n) is 2.96. The molecule has 1 heterocycles. The van der Waals surface area contributed by atoms with Crippen molar-refractivity contribution < 1.29 is 9.21 Å². The first-order chi connectivity index (χ1) is 6.72. The Bertz CT molecular complexity index is 296. The van der Waals surface area contributed by atoms with Crippen LogP contribution in [0.15, 0.2) is 10.6 Å². The Kier molecular flexibility index (Phi) is 4.12. The normalized spacial score (nSPS) is 10.1. The third-order valence-corrected chi connectivity index (χ3v) is 1.75. The molecular formula is C9H15N3O2. The van der Waals surface area contributed by atoms with Gasteiger partial charge in [-0.25, -0.2) is 4.98 Å². The zero-order chi connectivity index (χ0) is 10.4. The molecule has 0 unspecified atom stereocenters. The quantitative estimate of drug-likeness (QED) is 0.662. The van der Waals surface area contributed by atoms with Crippen molar-refractivity contribution in [2.45, 2.75) is 19.9 Å². The molecule has 0 atom stereocenters. The zero-order valence-electron chi connectivity index (χ0n) is 8.46. The van der Waals surface area contributed by atoms with Gasteiger partial charge in [0.25, 0.3) is 0 Å². The molecule has 0 radical (unpaired) electrons. The molecule has 0 aliphatic rings. The van der Waals surface area contributed by atoms with Crippen LogP contribution in [-0.2, 0) is 11.3 Å². The van der Waals surface area contributed by atoms with Gasteiger partial charge in [0, 0.05) is 20.0 Å². The third-order valence-electron chi connectivity index (χ3n) is 1.75. The molecular weight excluding hydrogens is 182 g/mol. The first-order valence-electron chi connectivity index (χ1n) is 4.55. The van der Waals surface area contributed by atoms with Crippen LogP contribution in [0.2, 0.25) is 0 Å². The first kappa shape index (κ1) is 10.7. The van der Waals surface area contributed by atoms with Crippen LogP contribution in [0, 0.1) is 6.92 Å². The van der Waals surface area contributed by atoms with Crippen molar-refractivity contribution in [2.24, 2.45) is 0 Å². The molecule has 5 nitrogen and oxygen atoms in total. The highest BCUT2D eigenvalue weighted by atomic mass is 16.4. The molecule has 14 heavy (non-hydrogen) atoms. The minimum Gasteiger partial charge on any atom is -0.445 e. The fraction of sp³-hybridized carbons (Fsp3) is 0.556. The van der Waals surface area contributed by atoms with Gasteiger partial charge in [-0.15, -0.1) is 0 Å². The number of rotatable bonds is 5. The summed E-state index contributed by atoms with van der Waals surface area (Å²) in [6, 6.07) is 0. The molecule has 1 amide bonds. The minimum atomic E-state index is 0.0288. The van der Waals surface area contributed by atoms with Crippen LogP contribution in [0.25, 0.3) is 0 Å². The second kappa shape index (κ2) is 5.39. The van der Waals surface area contributed by atoms with Crippen molar-refractivity contribution in [2.75, 3.05) is 13.6 Å². The van der Waals surface area contributed by atoms with Gasteiger partial charge in [0.05, 0.1) is 12.7 Å². The molecule has 0 bridgehead atoms. The molecule has 0 spiro atoms. The molecule has 1 aromatic rings. The summed E-state index contributed by atoms with van der Waals surface area (Å²) in [5, 5.41) is 5.61. The van der Waals surface area contributed by atoms with Gasteiger partial charge >= 0.3 is 0 Å². The maximum absolute atomic E-state index is 10.8. The van der Waals surface area contributed by atoms with Crippen molar-refractivity contribution in [1.82, 2.24) is 15.6 Å². The predicted molar refractivity (Wildman–Crippen MR) is 51.6 cm³/mol. The van der Waals surface area contributed by atoms with Crippen LogP contribution in [0.3, 0.4) is 0 Å².